The summed E-state index contributed by atoms with van der Waals surface area (Å²) in [7, 11) is 1.59. The summed E-state index contributed by atoms with van der Waals surface area (Å²) in [4.78, 5) is 15.1. The van der Waals surface area contributed by atoms with Gasteiger partial charge in [-0.15, -0.1) is 0 Å². The zero-order chi connectivity index (χ0) is 14.0. The zero-order valence-corrected chi connectivity index (χ0v) is 11.3. The molecule has 1 fully saturated rings. The molecule has 0 spiro atoms. The Balaban J connectivity index is 2.12. The first-order chi connectivity index (χ1) is 9.00. The molecular formula is C12H18N2O5. The van der Waals surface area contributed by atoms with Crippen molar-refractivity contribution in [1.29, 1.82) is 0 Å². The number of carboxylic acid groups (broad SMARTS) is 1. The van der Waals surface area contributed by atoms with E-state index in [1.54, 1.807) is 7.11 Å². The van der Waals surface area contributed by atoms with Gasteiger partial charge in [-0.3, -0.25) is 0 Å². The van der Waals surface area contributed by atoms with Crippen LogP contribution in [0.15, 0.2) is 4.52 Å². The molecule has 7 heteroatoms. The van der Waals surface area contributed by atoms with E-state index in [9.17, 15) is 4.79 Å². The number of carboxylic acids is 1. The molecule has 3 atom stereocenters. The van der Waals surface area contributed by atoms with Crippen molar-refractivity contribution in [3.63, 3.8) is 0 Å². The van der Waals surface area contributed by atoms with Gasteiger partial charge in [0.25, 0.3) is 5.89 Å². The van der Waals surface area contributed by atoms with E-state index in [1.807, 2.05) is 13.8 Å². The molecule has 1 aromatic rings. The Kier molecular flexibility index (Phi) is 3.86. The van der Waals surface area contributed by atoms with Crippen molar-refractivity contribution in [2.75, 3.05) is 7.11 Å². The van der Waals surface area contributed by atoms with Gasteiger partial charge >= 0.3 is 5.97 Å². The van der Waals surface area contributed by atoms with Crippen LogP contribution < -0.4 is 0 Å². The van der Waals surface area contributed by atoms with Gasteiger partial charge in [-0.25, -0.2) is 4.79 Å². The van der Waals surface area contributed by atoms with E-state index in [0.29, 0.717) is 31.0 Å². The Hall–Kier alpha value is -1.47. The maximum absolute atomic E-state index is 10.8. The maximum Gasteiger partial charge on any atom is 0.332 e. The quantitative estimate of drug-likeness (QED) is 0.869. The van der Waals surface area contributed by atoms with E-state index in [0.717, 1.165) is 0 Å². The van der Waals surface area contributed by atoms with E-state index < -0.39 is 23.8 Å². The summed E-state index contributed by atoms with van der Waals surface area (Å²) in [5, 5.41) is 12.8. The van der Waals surface area contributed by atoms with Crippen molar-refractivity contribution in [2.24, 2.45) is 0 Å². The lowest BCUT2D eigenvalue weighted by molar-refractivity contribution is -0.150. The molecule has 2 heterocycles. The first-order valence-corrected chi connectivity index (χ1v) is 6.27. The lowest BCUT2D eigenvalue weighted by Gasteiger charge is -2.21. The second-order valence-corrected chi connectivity index (χ2v) is 4.77. The molecule has 0 aromatic carbocycles. The molecule has 0 amide bonds. The topological polar surface area (TPSA) is 94.7 Å². The number of ether oxygens (including phenoxy) is 2. The minimum absolute atomic E-state index is 0.315. The lowest BCUT2D eigenvalue weighted by atomic mass is 10.0. The third-order valence-electron chi connectivity index (χ3n) is 3.61. The molecule has 1 saturated heterocycles. The van der Waals surface area contributed by atoms with Gasteiger partial charge in [0.15, 0.2) is 6.10 Å². The highest BCUT2D eigenvalue weighted by molar-refractivity contribution is 5.72. The maximum atomic E-state index is 10.8. The largest absolute Gasteiger partial charge is 0.479 e. The highest BCUT2D eigenvalue weighted by Crippen LogP contribution is 2.33. The van der Waals surface area contributed by atoms with Crippen LogP contribution in [0.2, 0.25) is 0 Å². The summed E-state index contributed by atoms with van der Waals surface area (Å²) in [6.07, 6.45) is 0.480. The summed E-state index contributed by atoms with van der Waals surface area (Å²) < 4.78 is 15.9. The Morgan fingerprint density at radius 3 is 2.84 bits per heavy atom. The van der Waals surface area contributed by atoms with E-state index in [2.05, 4.69) is 10.1 Å². The molecule has 0 aliphatic carbocycles. The molecular weight excluding hydrogens is 252 g/mol. The normalized spacial score (nSPS) is 26.3. The predicted molar refractivity (Wildman–Crippen MR) is 63.4 cm³/mol. The number of hydrogen-bond donors (Lipinski definition) is 1. The van der Waals surface area contributed by atoms with Crippen LogP contribution >= 0.6 is 0 Å². The van der Waals surface area contributed by atoms with Crippen molar-refractivity contribution >= 4 is 5.97 Å². The fourth-order valence-electron chi connectivity index (χ4n) is 1.98. The second kappa shape index (κ2) is 5.26. The van der Waals surface area contributed by atoms with Gasteiger partial charge in [0.05, 0.1) is 0 Å². The van der Waals surface area contributed by atoms with Crippen molar-refractivity contribution in [1.82, 2.24) is 10.1 Å². The molecule has 0 radical (unpaired) electrons. The lowest BCUT2D eigenvalue weighted by Crippen LogP contribution is -2.25. The molecule has 106 valence electrons. The van der Waals surface area contributed by atoms with Gasteiger partial charge in [-0.2, -0.15) is 4.98 Å². The Morgan fingerprint density at radius 2 is 2.32 bits per heavy atom. The Bertz CT molecular complexity index is 455. The van der Waals surface area contributed by atoms with Crippen molar-refractivity contribution in [2.45, 2.75) is 50.9 Å². The number of aromatic nitrogens is 2. The fraction of sp³-hybridized carbons (Fsp3) is 0.750. The van der Waals surface area contributed by atoms with Gasteiger partial charge in [-0.1, -0.05) is 12.1 Å². The van der Waals surface area contributed by atoms with Crippen molar-refractivity contribution in [3.8, 4) is 0 Å². The molecule has 0 saturated carbocycles. The number of carbonyl (C=O) groups is 1. The minimum atomic E-state index is -0.961. The van der Waals surface area contributed by atoms with Gasteiger partial charge < -0.3 is 19.1 Å². The molecule has 1 aromatic heterocycles. The summed E-state index contributed by atoms with van der Waals surface area (Å²) in [5.74, 6) is -0.192. The molecule has 1 N–H and O–H groups in total. The highest BCUT2D eigenvalue weighted by atomic mass is 16.6. The Labute approximate surface area is 110 Å². The molecule has 1 aliphatic heterocycles. The van der Waals surface area contributed by atoms with E-state index in [1.165, 1.54) is 0 Å². The van der Waals surface area contributed by atoms with E-state index in [4.69, 9.17) is 19.1 Å². The summed E-state index contributed by atoms with van der Waals surface area (Å²) in [5.41, 5.74) is -0.605. The van der Waals surface area contributed by atoms with Crippen LogP contribution in [0.25, 0.3) is 0 Å². The second-order valence-electron chi connectivity index (χ2n) is 4.77. The first kappa shape index (κ1) is 14.0. The first-order valence-electron chi connectivity index (χ1n) is 6.27. The van der Waals surface area contributed by atoms with Crippen LogP contribution in [-0.2, 0) is 19.9 Å². The summed E-state index contributed by atoms with van der Waals surface area (Å²) >= 11 is 0. The number of hydrogen-bond acceptors (Lipinski definition) is 6. The standard InChI is InChI=1S/C12H18N2O5/c1-4-12(2,17-3)11-13-9(19-14-11)7-5-6-8(18-7)10(15)16/h7-8H,4-6H2,1-3H3,(H,15,16). The third kappa shape index (κ3) is 2.62. The van der Waals surface area contributed by atoms with Gasteiger partial charge in [0.2, 0.25) is 5.82 Å². The molecule has 7 nitrogen and oxygen atoms in total. The predicted octanol–water partition coefficient (Wildman–Crippen LogP) is 1.65. The average Bonchev–Trinajstić information content (AvgIpc) is 3.05. The molecule has 19 heavy (non-hydrogen) atoms. The number of nitrogens with zero attached hydrogens (tertiary/aromatic N) is 2. The van der Waals surface area contributed by atoms with Crippen LogP contribution in [0.5, 0.6) is 0 Å². The van der Waals surface area contributed by atoms with Crippen LogP contribution in [0.1, 0.15) is 50.9 Å². The fourth-order valence-corrected chi connectivity index (χ4v) is 1.98. The van der Waals surface area contributed by atoms with Crippen LogP contribution in [-0.4, -0.2) is 34.4 Å². The summed E-state index contributed by atoms with van der Waals surface area (Å²) in [6, 6.07) is 0. The summed E-state index contributed by atoms with van der Waals surface area (Å²) in [6.45, 7) is 3.84. The highest BCUT2D eigenvalue weighted by Gasteiger charge is 2.37. The Morgan fingerprint density at radius 1 is 1.58 bits per heavy atom. The minimum Gasteiger partial charge on any atom is -0.479 e. The molecule has 3 unspecified atom stereocenters. The third-order valence-corrected chi connectivity index (χ3v) is 3.61. The molecule has 1 aliphatic rings. The zero-order valence-electron chi connectivity index (χ0n) is 11.3. The number of rotatable bonds is 5. The van der Waals surface area contributed by atoms with E-state index in [-0.39, 0.29) is 0 Å². The van der Waals surface area contributed by atoms with Crippen LogP contribution in [0.3, 0.4) is 0 Å². The van der Waals surface area contributed by atoms with Crippen LogP contribution in [0, 0.1) is 0 Å². The van der Waals surface area contributed by atoms with Gasteiger partial charge in [0, 0.05) is 7.11 Å². The number of aliphatic carboxylic acids is 1. The molecule has 0 bridgehead atoms. The van der Waals surface area contributed by atoms with Crippen molar-refractivity contribution < 1.29 is 23.9 Å². The monoisotopic (exact) mass is 270 g/mol. The number of methoxy groups -OCH3 is 1. The van der Waals surface area contributed by atoms with E-state index >= 15 is 0 Å². The molecule has 2 rings (SSSR count). The smallest absolute Gasteiger partial charge is 0.332 e. The van der Waals surface area contributed by atoms with Crippen molar-refractivity contribution in [3.05, 3.63) is 11.7 Å². The van der Waals surface area contributed by atoms with Gasteiger partial charge in [-0.05, 0) is 26.2 Å². The van der Waals surface area contributed by atoms with Gasteiger partial charge in [0.1, 0.15) is 11.7 Å². The van der Waals surface area contributed by atoms with Crippen LogP contribution in [0.4, 0.5) is 0 Å². The average molecular weight is 270 g/mol. The SMILES string of the molecule is CCC(C)(OC)c1noc(C2CCC(C(=O)O)O2)n1.